The lowest BCUT2D eigenvalue weighted by Gasteiger charge is -2.31. The van der Waals surface area contributed by atoms with Crippen LogP contribution in [0, 0.1) is 5.92 Å². The molecule has 182 valence electrons. The van der Waals surface area contributed by atoms with Crippen LogP contribution in [0.15, 0.2) is 54.7 Å². The number of rotatable bonds is 5. The second kappa shape index (κ2) is 9.94. The molecule has 1 unspecified atom stereocenters. The van der Waals surface area contributed by atoms with Gasteiger partial charge in [-0.05, 0) is 54.7 Å². The van der Waals surface area contributed by atoms with E-state index >= 15 is 0 Å². The summed E-state index contributed by atoms with van der Waals surface area (Å²) in [5.41, 5.74) is 1.16. The summed E-state index contributed by atoms with van der Waals surface area (Å²) in [6.45, 7) is 5.21. The fourth-order valence-electron chi connectivity index (χ4n) is 5.12. The summed E-state index contributed by atoms with van der Waals surface area (Å²) < 4.78 is 0. The van der Waals surface area contributed by atoms with E-state index in [1.807, 2.05) is 42.6 Å². The maximum absolute atomic E-state index is 13.3. The van der Waals surface area contributed by atoms with Crippen LogP contribution >= 0.6 is 0 Å². The van der Waals surface area contributed by atoms with E-state index in [0.717, 1.165) is 42.2 Å². The minimum atomic E-state index is -0.545. The summed E-state index contributed by atoms with van der Waals surface area (Å²) in [6, 6.07) is 14.4. The number of carbonyl (C=O) groups is 2. The second-order valence-corrected chi connectivity index (χ2v) is 9.75. The number of phenols is 1. The van der Waals surface area contributed by atoms with Gasteiger partial charge in [0.25, 0.3) is 5.91 Å². The Hall–Kier alpha value is -3.61. The second-order valence-electron chi connectivity index (χ2n) is 9.75. The fraction of sp³-hybridized carbons (Fsp3) is 0.393. The molecule has 0 saturated carbocycles. The number of fused-ring (bicyclic) bond motifs is 1. The first-order valence-electron chi connectivity index (χ1n) is 12.5. The number of hydrogen-bond acceptors (Lipinski definition) is 5. The number of carbonyl (C=O) groups excluding carboxylic acids is 2. The van der Waals surface area contributed by atoms with Gasteiger partial charge in [0.2, 0.25) is 5.91 Å². The SMILES string of the molecule is CC1CCN(c2ccc(CNC(=O)C3CCCN3C(=O)c3ccc4ccccc4c3O)cn2)CC1. The van der Waals surface area contributed by atoms with Crippen molar-refractivity contribution in [2.75, 3.05) is 24.5 Å². The zero-order valence-corrected chi connectivity index (χ0v) is 20.1. The largest absolute Gasteiger partial charge is 0.506 e. The molecule has 0 radical (unpaired) electrons. The molecule has 2 aliphatic rings. The number of phenolic OH excluding ortho intramolecular Hbond substituents is 1. The van der Waals surface area contributed by atoms with Crippen molar-refractivity contribution in [1.29, 1.82) is 0 Å². The van der Waals surface area contributed by atoms with Gasteiger partial charge in [-0.1, -0.05) is 43.3 Å². The zero-order valence-electron chi connectivity index (χ0n) is 20.1. The standard InChI is InChI=1S/C28H32N4O3/c1-19-12-15-31(16-13-19)25-11-8-20(17-29-25)18-30-27(34)24-7-4-14-32(24)28(35)23-10-9-21-5-2-3-6-22(21)26(23)33/h2-3,5-6,8-11,17,19,24,33H,4,7,12-16,18H2,1H3,(H,30,34). The van der Waals surface area contributed by atoms with Crippen LogP contribution in [0.2, 0.25) is 0 Å². The highest BCUT2D eigenvalue weighted by Gasteiger charge is 2.35. The van der Waals surface area contributed by atoms with Crippen LogP contribution in [0.5, 0.6) is 5.75 Å². The van der Waals surface area contributed by atoms with Crippen molar-refractivity contribution in [1.82, 2.24) is 15.2 Å². The van der Waals surface area contributed by atoms with E-state index in [0.29, 0.717) is 24.9 Å². The van der Waals surface area contributed by atoms with Gasteiger partial charge >= 0.3 is 0 Å². The van der Waals surface area contributed by atoms with E-state index in [2.05, 4.69) is 22.1 Å². The minimum absolute atomic E-state index is 0.0338. The molecular weight excluding hydrogens is 440 g/mol. The van der Waals surface area contributed by atoms with Gasteiger partial charge in [0, 0.05) is 37.8 Å². The lowest BCUT2D eigenvalue weighted by atomic mass is 9.99. The number of likely N-dealkylation sites (tertiary alicyclic amines) is 1. The number of piperidine rings is 1. The molecule has 1 atom stereocenters. The third-order valence-electron chi connectivity index (χ3n) is 7.33. The molecule has 0 bridgehead atoms. The van der Waals surface area contributed by atoms with Crippen LogP contribution in [0.25, 0.3) is 10.8 Å². The van der Waals surface area contributed by atoms with Crippen molar-refractivity contribution in [2.45, 2.75) is 45.2 Å². The van der Waals surface area contributed by atoms with E-state index in [1.165, 1.54) is 12.8 Å². The highest BCUT2D eigenvalue weighted by Crippen LogP contribution is 2.31. The number of pyridine rings is 1. The number of nitrogens with one attached hydrogen (secondary N) is 1. The quantitative estimate of drug-likeness (QED) is 0.584. The van der Waals surface area contributed by atoms with E-state index in [1.54, 1.807) is 17.0 Å². The van der Waals surface area contributed by atoms with Crippen LogP contribution in [0.3, 0.4) is 0 Å². The molecule has 1 aromatic heterocycles. The van der Waals surface area contributed by atoms with Crippen molar-refractivity contribution < 1.29 is 14.7 Å². The molecule has 0 spiro atoms. The van der Waals surface area contributed by atoms with Crippen LogP contribution in [-0.4, -0.2) is 52.5 Å². The van der Waals surface area contributed by atoms with Crippen molar-refractivity contribution in [2.24, 2.45) is 5.92 Å². The van der Waals surface area contributed by atoms with Crippen molar-refractivity contribution in [3.8, 4) is 5.75 Å². The molecule has 5 rings (SSSR count). The smallest absolute Gasteiger partial charge is 0.258 e. The van der Waals surface area contributed by atoms with E-state index in [4.69, 9.17) is 0 Å². The average molecular weight is 473 g/mol. The Balaban J connectivity index is 1.22. The zero-order chi connectivity index (χ0) is 24.4. The Morgan fingerprint density at radius 1 is 1.03 bits per heavy atom. The van der Waals surface area contributed by atoms with Gasteiger partial charge in [0.1, 0.15) is 17.6 Å². The Morgan fingerprint density at radius 3 is 2.60 bits per heavy atom. The number of amides is 2. The summed E-state index contributed by atoms with van der Waals surface area (Å²) in [6.07, 6.45) is 5.55. The van der Waals surface area contributed by atoms with Crippen molar-refractivity contribution >= 4 is 28.4 Å². The lowest BCUT2D eigenvalue weighted by molar-refractivity contribution is -0.125. The molecule has 2 N–H and O–H groups in total. The van der Waals surface area contributed by atoms with Gasteiger partial charge in [-0.2, -0.15) is 0 Å². The molecule has 7 heteroatoms. The van der Waals surface area contributed by atoms with E-state index in [-0.39, 0.29) is 23.1 Å². The van der Waals surface area contributed by atoms with Crippen LogP contribution in [-0.2, 0) is 11.3 Å². The molecule has 3 aromatic rings. The first-order chi connectivity index (χ1) is 17.0. The third kappa shape index (κ3) is 4.81. The highest BCUT2D eigenvalue weighted by molar-refractivity contribution is 6.05. The number of aromatic nitrogens is 1. The summed E-state index contributed by atoms with van der Waals surface area (Å²) in [7, 11) is 0. The van der Waals surface area contributed by atoms with Crippen molar-refractivity contribution in [3.63, 3.8) is 0 Å². The molecule has 2 aliphatic heterocycles. The minimum Gasteiger partial charge on any atom is -0.506 e. The maximum Gasteiger partial charge on any atom is 0.258 e. The fourth-order valence-corrected chi connectivity index (χ4v) is 5.12. The molecule has 2 fully saturated rings. The number of aromatic hydroxyl groups is 1. The van der Waals surface area contributed by atoms with Crippen LogP contribution in [0.1, 0.15) is 48.5 Å². The Bertz CT molecular complexity index is 1220. The summed E-state index contributed by atoms with van der Waals surface area (Å²) in [4.78, 5) is 34.8. The average Bonchev–Trinajstić information content (AvgIpc) is 3.38. The normalized spacial score (nSPS) is 18.7. The van der Waals surface area contributed by atoms with E-state index in [9.17, 15) is 14.7 Å². The van der Waals surface area contributed by atoms with Gasteiger partial charge in [-0.25, -0.2) is 4.98 Å². The molecule has 35 heavy (non-hydrogen) atoms. The van der Waals surface area contributed by atoms with Crippen LogP contribution < -0.4 is 10.2 Å². The Labute approximate surface area is 205 Å². The van der Waals surface area contributed by atoms with Crippen LogP contribution in [0.4, 0.5) is 5.82 Å². The number of benzene rings is 2. The molecule has 2 aromatic carbocycles. The van der Waals surface area contributed by atoms with E-state index < -0.39 is 6.04 Å². The molecule has 2 amide bonds. The Kier molecular flexibility index (Phi) is 6.57. The van der Waals surface area contributed by atoms with Gasteiger partial charge in [0.05, 0.1) is 5.56 Å². The number of anilines is 1. The first kappa shape index (κ1) is 23.1. The topological polar surface area (TPSA) is 85.8 Å². The number of hydrogen-bond donors (Lipinski definition) is 2. The summed E-state index contributed by atoms with van der Waals surface area (Å²) >= 11 is 0. The number of nitrogens with zero attached hydrogens (tertiary/aromatic N) is 3. The van der Waals surface area contributed by atoms with Crippen molar-refractivity contribution in [3.05, 3.63) is 65.9 Å². The molecule has 7 nitrogen and oxygen atoms in total. The summed E-state index contributed by atoms with van der Waals surface area (Å²) in [5, 5.41) is 15.2. The highest BCUT2D eigenvalue weighted by atomic mass is 16.3. The molecule has 3 heterocycles. The lowest BCUT2D eigenvalue weighted by Crippen LogP contribution is -2.45. The maximum atomic E-state index is 13.3. The monoisotopic (exact) mass is 472 g/mol. The van der Waals surface area contributed by atoms with Gasteiger partial charge in [-0.15, -0.1) is 0 Å². The molecule has 0 aliphatic carbocycles. The Morgan fingerprint density at radius 2 is 1.83 bits per heavy atom. The molecular formula is C28H32N4O3. The van der Waals surface area contributed by atoms with Gasteiger partial charge < -0.3 is 20.2 Å². The van der Waals surface area contributed by atoms with Gasteiger partial charge in [0.15, 0.2) is 0 Å². The predicted octanol–water partition coefficient (Wildman–Crippen LogP) is 4.10. The summed E-state index contributed by atoms with van der Waals surface area (Å²) in [5.74, 6) is 1.23. The predicted molar refractivity (Wildman–Crippen MR) is 136 cm³/mol. The van der Waals surface area contributed by atoms with Gasteiger partial charge in [-0.3, -0.25) is 9.59 Å². The third-order valence-corrected chi connectivity index (χ3v) is 7.33. The first-order valence-corrected chi connectivity index (χ1v) is 12.5. The molecule has 2 saturated heterocycles.